The number of hydrogen-bond acceptors (Lipinski definition) is 4. The third-order valence-electron chi connectivity index (χ3n) is 3.01. The Morgan fingerprint density at radius 2 is 1.86 bits per heavy atom. The zero-order valence-electron chi connectivity index (χ0n) is 11.1. The Hall–Kier alpha value is -2.19. The number of hydrogen-bond donors (Lipinski definition) is 2. The van der Waals surface area contributed by atoms with Crippen LogP contribution >= 0.6 is 15.9 Å². The summed E-state index contributed by atoms with van der Waals surface area (Å²) in [6.45, 7) is 0. The molecule has 6 nitrogen and oxygen atoms in total. The second-order valence-corrected chi connectivity index (χ2v) is 6.99. The van der Waals surface area contributed by atoms with Crippen molar-refractivity contribution in [3.8, 4) is 0 Å². The molecule has 0 aliphatic carbocycles. The van der Waals surface area contributed by atoms with Crippen molar-refractivity contribution in [1.29, 1.82) is 0 Å². The highest BCUT2D eigenvalue weighted by atomic mass is 79.9. The van der Waals surface area contributed by atoms with Crippen LogP contribution in [0.4, 0.5) is 0 Å². The van der Waals surface area contributed by atoms with Gasteiger partial charge in [-0.2, -0.15) is 8.42 Å². The minimum absolute atomic E-state index is 0.0962. The number of hydrazine groups is 1. The second kappa shape index (κ2) is 5.54. The van der Waals surface area contributed by atoms with E-state index in [1.807, 2.05) is 0 Å². The Morgan fingerprint density at radius 1 is 1.09 bits per heavy atom. The summed E-state index contributed by atoms with van der Waals surface area (Å²) in [5.41, 5.74) is 5.86. The number of amides is 1. The minimum atomic E-state index is -3.71. The molecule has 0 saturated heterocycles. The van der Waals surface area contributed by atoms with Gasteiger partial charge < -0.3 is 0 Å². The third-order valence-corrected chi connectivity index (χ3v) is 4.84. The van der Waals surface area contributed by atoms with E-state index in [4.69, 9.17) is 0 Å². The molecule has 2 aromatic rings. The number of fused-ring (bicyclic) bond motifs is 1. The van der Waals surface area contributed by atoms with Crippen molar-refractivity contribution in [3.63, 3.8) is 0 Å². The van der Waals surface area contributed by atoms with E-state index in [9.17, 15) is 13.2 Å². The number of nitrogens with zero attached hydrogens (tertiary/aromatic N) is 1. The standard InChI is InChI=1S/C14H10BrN3O3S/c15-10-5-3-4-9(8-10)14(19)17-16-13-11-6-1-2-7-12(11)22(20,21)18-13/h1-8H,(H,16,18)(H,17,19). The Morgan fingerprint density at radius 3 is 2.64 bits per heavy atom. The molecule has 1 amide bonds. The number of sulfonamides is 1. The SMILES string of the molecule is O=C(NNC1=NS(=O)(=O)c2ccccc21)c1cccc(Br)c1. The van der Waals surface area contributed by atoms with Crippen LogP contribution in [0.3, 0.4) is 0 Å². The molecule has 2 aromatic carbocycles. The van der Waals surface area contributed by atoms with E-state index in [1.54, 1.807) is 42.5 Å². The largest absolute Gasteiger partial charge is 0.285 e. The molecule has 0 spiro atoms. The summed E-state index contributed by atoms with van der Waals surface area (Å²) >= 11 is 3.28. The van der Waals surface area contributed by atoms with Crippen LogP contribution in [0.15, 0.2) is 62.3 Å². The molecule has 2 N–H and O–H groups in total. The molecule has 22 heavy (non-hydrogen) atoms. The fourth-order valence-electron chi connectivity index (χ4n) is 2.01. The molecule has 112 valence electrons. The van der Waals surface area contributed by atoms with Gasteiger partial charge in [0.25, 0.3) is 15.9 Å². The third kappa shape index (κ3) is 2.75. The van der Waals surface area contributed by atoms with Gasteiger partial charge in [-0.25, -0.2) is 0 Å². The average molecular weight is 380 g/mol. The van der Waals surface area contributed by atoms with E-state index >= 15 is 0 Å². The lowest BCUT2D eigenvalue weighted by atomic mass is 10.2. The molecule has 1 aliphatic heterocycles. The maximum Gasteiger partial charge on any atom is 0.285 e. The van der Waals surface area contributed by atoms with Gasteiger partial charge in [-0.1, -0.05) is 34.1 Å². The molecule has 0 fully saturated rings. The van der Waals surface area contributed by atoms with Gasteiger partial charge in [0.2, 0.25) is 0 Å². The van der Waals surface area contributed by atoms with Gasteiger partial charge in [0, 0.05) is 15.6 Å². The fourth-order valence-corrected chi connectivity index (χ4v) is 3.59. The van der Waals surface area contributed by atoms with Crippen molar-refractivity contribution in [1.82, 2.24) is 10.9 Å². The van der Waals surface area contributed by atoms with Crippen molar-refractivity contribution in [2.45, 2.75) is 4.90 Å². The number of halogens is 1. The first kappa shape index (κ1) is 14.7. The minimum Gasteiger partial charge on any atom is -0.280 e. The Labute approximate surface area is 135 Å². The van der Waals surface area contributed by atoms with Gasteiger partial charge in [0.1, 0.15) is 4.90 Å². The van der Waals surface area contributed by atoms with Crippen molar-refractivity contribution >= 4 is 37.7 Å². The van der Waals surface area contributed by atoms with Crippen LogP contribution in [-0.2, 0) is 10.0 Å². The quantitative estimate of drug-likeness (QED) is 0.739. The van der Waals surface area contributed by atoms with E-state index in [-0.39, 0.29) is 10.7 Å². The first-order valence-corrected chi connectivity index (χ1v) is 8.47. The zero-order valence-corrected chi connectivity index (χ0v) is 13.5. The number of carbonyl (C=O) groups is 1. The highest BCUT2D eigenvalue weighted by Crippen LogP contribution is 2.24. The van der Waals surface area contributed by atoms with Gasteiger partial charge in [-0.05, 0) is 30.3 Å². The van der Waals surface area contributed by atoms with E-state index in [1.165, 1.54) is 6.07 Å². The fraction of sp³-hybridized carbons (Fsp3) is 0. The molecule has 0 aromatic heterocycles. The zero-order chi connectivity index (χ0) is 15.7. The van der Waals surface area contributed by atoms with Crippen molar-refractivity contribution < 1.29 is 13.2 Å². The number of amidine groups is 1. The lowest BCUT2D eigenvalue weighted by Crippen LogP contribution is -2.41. The summed E-state index contributed by atoms with van der Waals surface area (Å²) in [6.07, 6.45) is 0. The Kier molecular flexibility index (Phi) is 3.71. The summed E-state index contributed by atoms with van der Waals surface area (Å²) in [7, 11) is -3.71. The predicted octanol–water partition coefficient (Wildman–Crippen LogP) is 1.83. The number of benzene rings is 2. The number of nitrogens with one attached hydrogen (secondary N) is 2. The highest BCUT2D eigenvalue weighted by Gasteiger charge is 2.28. The molecule has 8 heteroatoms. The molecular formula is C14H10BrN3O3S. The van der Waals surface area contributed by atoms with Crippen molar-refractivity contribution in [2.24, 2.45) is 4.40 Å². The van der Waals surface area contributed by atoms with E-state index in [0.29, 0.717) is 11.1 Å². The summed E-state index contributed by atoms with van der Waals surface area (Å²) < 4.78 is 28.1. The second-order valence-electron chi connectivity index (χ2n) is 4.50. The maximum absolute atomic E-state index is 12.0. The first-order valence-electron chi connectivity index (χ1n) is 6.24. The maximum atomic E-state index is 12.0. The van der Waals surface area contributed by atoms with Crippen LogP contribution in [0, 0.1) is 0 Å². The molecule has 1 heterocycles. The number of carbonyl (C=O) groups excluding carboxylic acids is 1. The van der Waals surface area contributed by atoms with Gasteiger partial charge in [-0.15, -0.1) is 4.40 Å². The summed E-state index contributed by atoms with van der Waals surface area (Å²) in [5, 5.41) is 0. The van der Waals surface area contributed by atoms with Gasteiger partial charge in [-0.3, -0.25) is 15.6 Å². The Bertz CT molecular complexity index is 894. The van der Waals surface area contributed by atoms with E-state index in [2.05, 4.69) is 31.2 Å². The first-order chi connectivity index (χ1) is 10.5. The van der Waals surface area contributed by atoms with Crippen LogP contribution in [-0.4, -0.2) is 20.2 Å². The molecule has 0 unspecified atom stereocenters. The van der Waals surface area contributed by atoms with Gasteiger partial charge in [0.15, 0.2) is 5.84 Å². The summed E-state index contributed by atoms with van der Waals surface area (Å²) in [4.78, 5) is 12.1. The molecule has 1 aliphatic rings. The number of rotatable bonds is 1. The van der Waals surface area contributed by atoms with Gasteiger partial charge >= 0.3 is 0 Å². The Balaban J connectivity index is 1.79. The highest BCUT2D eigenvalue weighted by molar-refractivity contribution is 9.10. The molecule has 0 saturated carbocycles. The summed E-state index contributed by atoms with van der Waals surface area (Å²) in [5.74, 6) is -0.301. The van der Waals surface area contributed by atoms with E-state index in [0.717, 1.165) is 4.47 Å². The lowest BCUT2D eigenvalue weighted by Gasteiger charge is -2.08. The smallest absolute Gasteiger partial charge is 0.280 e. The van der Waals surface area contributed by atoms with Crippen molar-refractivity contribution in [3.05, 3.63) is 64.1 Å². The molecule has 0 radical (unpaired) electrons. The van der Waals surface area contributed by atoms with Crippen LogP contribution in [0.2, 0.25) is 0 Å². The van der Waals surface area contributed by atoms with Crippen LogP contribution in [0.25, 0.3) is 0 Å². The normalized spacial score (nSPS) is 14.9. The van der Waals surface area contributed by atoms with Gasteiger partial charge in [0.05, 0.1) is 0 Å². The monoisotopic (exact) mass is 379 g/mol. The average Bonchev–Trinajstić information content (AvgIpc) is 2.76. The van der Waals surface area contributed by atoms with Crippen LogP contribution < -0.4 is 10.9 Å². The molecule has 0 bridgehead atoms. The van der Waals surface area contributed by atoms with Crippen LogP contribution in [0.1, 0.15) is 15.9 Å². The molecule has 0 atom stereocenters. The van der Waals surface area contributed by atoms with E-state index < -0.39 is 15.9 Å². The molecular weight excluding hydrogens is 370 g/mol. The predicted molar refractivity (Wildman–Crippen MR) is 84.9 cm³/mol. The summed E-state index contributed by atoms with van der Waals surface area (Å²) in [6, 6.07) is 13.2. The molecule has 3 rings (SSSR count). The lowest BCUT2D eigenvalue weighted by molar-refractivity contribution is 0.0944. The van der Waals surface area contributed by atoms with Crippen molar-refractivity contribution in [2.75, 3.05) is 0 Å². The van der Waals surface area contributed by atoms with Crippen LogP contribution in [0.5, 0.6) is 0 Å². The topological polar surface area (TPSA) is 87.6 Å².